The summed E-state index contributed by atoms with van der Waals surface area (Å²) in [6.07, 6.45) is 0. The molecule has 1 aliphatic rings. The number of hydrogen-bond acceptors (Lipinski definition) is 4. The molecule has 2 rings (SSSR count). The van der Waals surface area contributed by atoms with Crippen molar-refractivity contribution in [3.8, 4) is 11.5 Å². The first-order valence-electron chi connectivity index (χ1n) is 4.97. The molecule has 1 aromatic carbocycles. The minimum Gasteiger partial charge on any atom is -0.497 e. The highest BCUT2D eigenvalue weighted by Gasteiger charge is 2.25. The Balaban J connectivity index is 2.26. The lowest BCUT2D eigenvalue weighted by Crippen LogP contribution is -2.55. The van der Waals surface area contributed by atoms with Crippen LogP contribution >= 0.6 is 0 Å². The van der Waals surface area contributed by atoms with Crippen LogP contribution in [0.15, 0.2) is 18.2 Å². The Morgan fingerprint density at radius 3 is 2.53 bits per heavy atom. The molecular formula is C11H16N2O2. The average molecular weight is 208 g/mol. The molecule has 0 unspecified atom stereocenters. The van der Waals surface area contributed by atoms with Crippen LogP contribution in [0.4, 0.5) is 5.69 Å². The predicted octanol–water partition coefficient (Wildman–Crippen LogP) is 0.851. The number of ether oxygens (including phenoxy) is 2. The molecule has 2 N–H and O–H groups in total. The van der Waals surface area contributed by atoms with Crippen molar-refractivity contribution in [1.82, 2.24) is 0 Å². The highest BCUT2D eigenvalue weighted by molar-refractivity contribution is 5.63. The van der Waals surface area contributed by atoms with Crippen molar-refractivity contribution >= 4 is 5.69 Å². The molecule has 0 spiro atoms. The first-order valence-corrected chi connectivity index (χ1v) is 4.97. The fraction of sp³-hybridized carbons (Fsp3) is 0.455. The van der Waals surface area contributed by atoms with E-state index in [4.69, 9.17) is 15.2 Å². The van der Waals surface area contributed by atoms with Crippen molar-refractivity contribution < 1.29 is 9.47 Å². The zero-order chi connectivity index (χ0) is 10.8. The van der Waals surface area contributed by atoms with Gasteiger partial charge >= 0.3 is 0 Å². The van der Waals surface area contributed by atoms with Gasteiger partial charge in [-0.25, -0.2) is 0 Å². The third-order valence-electron chi connectivity index (χ3n) is 2.64. The number of methoxy groups -OCH3 is 2. The number of hydrogen-bond donors (Lipinski definition) is 1. The minimum atomic E-state index is 0.279. The topological polar surface area (TPSA) is 47.7 Å². The summed E-state index contributed by atoms with van der Waals surface area (Å²) in [4.78, 5) is 2.19. The SMILES string of the molecule is COc1ccc(OC)c(N2CC(N)C2)c1. The molecule has 0 radical (unpaired) electrons. The first kappa shape index (κ1) is 10.1. The van der Waals surface area contributed by atoms with Gasteiger partial charge in [-0.15, -0.1) is 0 Å². The summed E-state index contributed by atoms with van der Waals surface area (Å²) in [6.45, 7) is 1.76. The van der Waals surface area contributed by atoms with Crippen LogP contribution in [-0.2, 0) is 0 Å². The highest BCUT2D eigenvalue weighted by atomic mass is 16.5. The van der Waals surface area contributed by atoms with Crippen LogP contribution in [0.3, 0.4) is 0 Å². The molecule has 1 aromatic rings. The normalized spacial score (nSPS) is 16.1. The zero-order valence-corrected chi connectivity index (χ0v) is 9.06. The Kier molecular flexibility index (Phi) is 2.68. The lowest BCUT2D eigenvalue weighted by molar-refractivity contribution is 0.398. The molecule has 0 aliphatic carbocycles. The Hall–Kier alpha value is -1.42. The lowest BCUT2D eigenvalue weighted by atomic mass is 10.1. The van der Waals surface area contributed by atoms with Crippen LogP contribution in [0, 0.1) is 0 Å². The van der Waals surface area contributed by atoms with E-state index in [2.05, 4.69) is 4.90 Å². The molecule has 1 heterocycles. The summed E-state index contributed by atoms with van der Waals surface area (Å²) >= 11 is 0. The van der Waals surface area contributed by atoms with Gasteiger partial charge in [0.1, 0.15) is 11.5 Å². The van der Waals surface area contributed by atoms with Gasteiger partial charge < -0.3 is 20.1 Å². The smallest absolute Gasteiger partial charge is 0.142 e. The average Bonchev–Trinajstić information content (AvgIpc) is 2.24. The van der Waals surface area contributed by atoms with Crippen LogP contribution in [0.5, 0.6) is 11.5 Å². The minimum absolute atomic E-state index is 0.279. The van der Waals surface area contributed by atoms with Crippen molar-refractivity contribution in [2.24, 2.45) is 5.73 Å². The second-order valence-corrected chi connectivity index (χ2v) is 3.70. The summed E-state index contributed by atoms with van der Waals surface area (Å²) in [5.74, 6) is 1.70. The Morgan fingerprint density at radius 2 is 2.00 bits per heavy atom. The fourth-order valence-electron chi connectivity index (χ4n) is 1.75. The van der Waals surface area contributed by atoms with E-state index in [1.165, 1.54) is 0 Å². The third-order valence-corrected chi connectivity index (χ3v) is 2.64. The summed E-state index contributed by atoms with van der Waals surface area (Å²) in [7, 11) is 3.33. The van der Waals surface area contributed by atoms with E-state index in [1.807, 2.05) is 18.2 Å². The van der Waals surface area contributed by atoms with Gasteiger partial charge in [0.05, 0.1) is 19.9 Å². The van der Waals surface area contributed by atoms with Crippen molar-refractivity contribution in [2.75, 3.05) is 32.2 Å². The maximum Gasteiger partial charge on any atom is 0.142 e. The zero-order valence-electron chi connectivity index (χ0n) is 9.06. The van der Waals surface area contributed by atoms with Crippen LogP contribution in [0.2, 0.25) is 0 Å². The Morgan fingerprint density at radius 1 is 1.27 bits per heavy atom. The van der Waals surface area contributed by atoms with Crippen LogP contribution in [0.25, 0.3) is 0 Å². The molecule has 4 nitrogen and oxygen atoms in total. The summed E-state index contributed by atoms with van der Waals surface area (Å²) in [5.41, 5.74) is 6.81. The van der Waals surface area contributed by atoms with E-state index in [0.717, 1.165) is 30.3 Å². The van der Waals surface area contributed by atoms with Crippen LogP contribution in [0.1, 0.15) is 0 Å². The molecule has 1 fully saturated rings. The first-order chi connectivity index (χ1) is 7.24. The Bertz CT molecular complexity index is 348. The molecule has 82 valence electrons. The molecule has 0 amide bonds. The molecule has 1 saturated heterocycles. The summed E-state index contributed by atoms with van der Waals surface area (Å²) in [5, 5.41) is 0. The van der Waals surface area contributed by atoms with Crippen molar-refractivity contribution in [1.29, 1.82) is 0 Å². The van der Waals surface area contributed by atoms with E-state index in [9.17, 15) is 0 Å². The van der Waals surface area contributed by atoms with Gasteiger partial charge in [-0.2, -0.15) is 0 Å². The largest absolute Gasteiger partial charge is 0.497 e. The second-order valence-electron chi connectivity index (χ2n) is 3.70. The van der Waals surface area contributed by atoms with E-state index < -0.39 is 0 Å². The van der Waals surface area contributed by atoms with E-state index in [-0.39, 0.29) is 6.04 Å². The predicted molar refractivity (Wildman–Crippen MR) is 59.7 cm³/mol. The Labute approximate surface area is 89.6 Å². The monoisotopic (exact) mass is 208 g/mol. The second kappa shape index (κ2) is 3.98. The van der Waals surface area contributed by atoms with Gasteiger partial charge in [-0.05, 0) is 12.1 Å². The van der Waals surface area contributed by atoms with Crippen molar-refractivity contribution in [3.05, 3.63) is 18.2 Å². The number of anilines is 1. The number of nitrogens with zero attached hydrogens (tertiary/aromatic N) is 1. The summed E-state index contributed by atoms with van der Waals surface area (Å²) < 4.78 is 10.5. The van der Waals surface area contributed by atoms with Gasteiger partial charge in [0.15, 0.2) is 0 Å². The van der Waals surface area contributed by atoms with Crippen molar-refractivity contribution in [2.45, 2.75) is 6.04 Å². The quantitative estimate of drug-likeness (QED) is 0.800. The van der Waals surface area contributed by atoms with Gasteiger partial charge in [0.2, 0.25) is 0 Å². The van der Waals surface area contributed by atoms with Gasteiger partial charge in [0, 0.05) is 25.2 Å². The molecule has 0 atom stereocenters. The van der Waals surface area contributed by atoms with E-state index in [1.54, 1.807) is 14.2 Å². The highest BCUT2D eigenvalue weighted by Crippen LogP contribution is 2.34. The molecule has 0 saturated carbocycles. The van der Waals surface area contributed by atoms with Gasteiger partial charge in [-0.1, -0.05) is 0 Å². The summed E-state index contributed by atoms with van der Waals surface area (Å²) in [6, 6.07) is 6.06. The number of rotatable bonds is 3. The third kappa shape index (κ3) is 1.85. The van der Waals surface area contributed by atoms with Crippen LogP contribution < -0.4 is 20.1 Å². The van der Waals surface area contributed by atoms with Crippen molar-refractivity contribution in [3.63, 3.8) is 0 Å². The van der Waals surface area contributed by atoms with E-state index >= 15 is 0 Å². The molecule has 1 aliphatic heterocycles. The molecular weight excluding hydrogens is 192 g/mol. The number of nitrogens with two attached hydrogens (primary N) is 1. The van der Waals surface area contributed by atoms with E-state index in [0.29, 0.717) is 0 Å². The fourth-order valence-corrected chi connectivity index (χ4v) is 1.75. The van der Waals surface area contributed by atoms with Gasteiger partial charge in [-0.3, -0.25) is 0 Å². The standard InChI is InChI=1S/C11H16N2O2/c1-14-9-3-4-11(15-2)10(5-9)13-6-8(12)7-13/h3-5,8H,6-7,12H2,1-2H3. The maximum absolute atomic E-state index is 5.75. The molecule has 15 heavy (non-hydrogen) atoms. The molecule has 4 heteroatoms. The molecule has 0 bridgehead atoms. The molecule has 0 aromatic heterocycles. The number of benzene rings is 1. The van der Waals surface area contributed by atoms with Crippen LogP contribution in [-0.4, -0.2) is 33.4 Å². The lowest BCUT2D eigenvalue weighted by Gasteiger charge is -2.39. The van der Waals surface area contributed by atoms with Gasteiger partial charge in [0.25, 0.3) is 0 Å². The maximum atomic E-state index is 5.75.